The summed E-state index contributed by atoms with van der Waals surface area (Å²) in [6.07, 6.45) is 2.60. The average molecular weight is 485 g/mol. The first-order valence-corrected chi connectivity index (χ1v) is 11.7. The zero-order valence-electron chi connectivity index (χ0n) is 18.9. The second-order valence-corrected chi connectivity index (χ2v) is 10.3. The van der Waals surface area contributed by atoms with Gasteiger partial charge in [0, 0.05) is 16.1 Å². The van der Waals surface area contributed by atoms with E-state index >= 15 is 0 Å². The normalized spacial score (nSPS) is 15.7. The molecule has 1 atom stereocenters. The Labute approximate surface area is 203 Å². The van der Waals surface area contributed by atoms with Crippen molar-refractivity contribution in [2.24, 2.45) is 11.3 Å². The van der Waals surface area contributed by atoms with E-state index in [0.29, 0.717) is 27.2 Å². The average Bonchev–Trinajstić information content (AvgIpc) is 2.77. The number of esters is 1. The Morgan fingerprint density at radius 2 is 1.91 bits per heavy atom. The Balaban J connectivity index is 1.60. The van der Waals surface area contributed by atoms with Crippen LogP contribution in [0.15, 0.2) is 42.5 Å². The maximum atomic E-state index is 13.3. The molecule has 3 aromatic rings. The summed E-state index contributed by atoms with van der Waals surface area (Å²) < 4.78 is 5.47. The third-order valence-electron chi connectivity index (χ3n) is 6.22. The van der Waals surface area contributed by atoms with E-state index in [1.54, 1.807) is 18.2 Å². The zero-order chi connectivity index (χ0) is 23.8. The third-order valence-corrected chi connectivity index (χ3v) is 6.79. The molecule has 2 aromatic carbocycles. The molecule has 1 aromatic heterocycles. The van der Waals surface area contributed by atoms with Crippen LogP contribution in [0.1, 0.15) is 48.8 Å². The SMILES string of the molecule is CC(C)(C)C1CCc2nc3ccccc3c(C(=O)OCC(=O)Nc3cc(Cl)ccc3Cl)c2C1. The highest BCUT2D eigenvalue weighted by atomic mass is 35.5. The molecular formula is C26H26Cl2N2O3. The van der Waals surface area contributed by atoms with Gasteiger partial charge in [0.2, 0.25) is 0 Å². The highest BCUT2D eigenvalue weighted by Crippen LogP contribution is 2.39. The predicted molar refractivity (Wildman–Crippen MR) is 132 cm³/mol. The molecule has 1 N–H and O–H groups in total. The minimum absolute atomic E-state index is 0.112. The lowest BCUT2D eigenvalue weighted by atomic mass is 9.70. The van der Waals surface area contributed by atoms with Crippen LogP contribution in [0.2, 0.25) is 10.0 Å². The molecular weight excluding hydrogens is 459 g/mol. The molecule has 0 saturated carbocycles. The molecule has 4 rings (SSSR count). The quantitative estimate of drug-likeness (QED) is 0.429. The highest BCUT2D eigenvalue weighted by molar-refractivity contribution is 6.35. The number of rotatable bonds is 4. The number of aryl methyl sites for hydroxylation is 1. The van der Waals surface area contributed by atoms with Crippen molar-refractivity contribution in [2.45, 2.75) is 40.0 Å². The van der Waals surface area contributed by atoms with E-state index in [0.717, 1.165) is 41.4 Å². The zero-order valence-corrected chi connectivity index (χ0v) is 20.4. The van der Waals surface area contributed by atoms with Gasteiger partial charge < -0.3 is 10.1 Å². The molecule has 0 spiro atoms. The highest BCUT2D eigenvalue weighted by Gasteiger charge is 2.33. The molecule has 0 fully saturated rings. The van der Waals surface area contributed by atoms with Crippen molar-refractivity contribution in [2.75, 3.05) is 11.9 Å². The summed E-state index contributed by atoms with van der Waals surface area (Å²) in [5, 5.41) is 4.17. The molecule has 1 unspecified atom stereocenters. The first-order valence-electron chi connectivity index (χ1n) is 11.0. The first kappa shape index (κ1) is 23.5. The molecule has 0 saturated heterocycles. The number of benzene rings is 2. The molecule has 1 amide bonds. The number of amides is 1. The smallest absolute Gasteiger partial charge is 0.339 e. The van der Waals surface area contributed by atoms with Gasteiger partial charge in [0.15, 0.2) is 6.61 Å². The van der Waals surface area contributed by atoms with Gasteiger partial charge in [-0.25, -0.2) is 4.79 Å². The number of pyridine rings is 1. The van der Waals surface area contributed by atoms with Crippen LogP contribution in [0.3, 0.4) is 0 Å². The van der Waals surface area contributed by atoms with Gasteiger partial charge in [0.25, 0.3) is 5.91 Å². The van der Waals surface area contributed by atoms with E-state index in [-0.39, 0.29) is 5.41 Å². The number of ether oxygens (including phenoxy) is 1. The number of nitrogens with zero attached hydrogens (tertiary/aromatic N) is 1. The summed E-state index contributed by atoms with van der Waals surface area (Å²) in [4.78, 5) is 30.6. The van der Waals surface area contributed by atoms with Crippen LogP contribution in [0.25, 0.3) is 10.9 Å². The van der Waals surface area contributed by atoms with Crippen molar-refractivity contribution in [1.82, 2.24) is 4.98 Å². The fraction of sp³-hybridized carbons (Fsp3) is 0.346. The van der Waals surface area contributed by atoms with Gasteiger partial charge in [-0.2, -0.15) is 0 Å². The maximum Gasteiger partial charge on any atom is 0.339 e. The monoisotopic (exact) mass is 484 g/mol. The predicted octanol–water partition coefficient (Wildman–Crippen LogP) is 6.49. The first-order chi connectivity index (χ1) is 15.6. The molecule has 7 heteroatoms. The standard InChI is InChI=1S/C26H26Cl2N2O3/c1-26(2,3)15-8-11-21-18(12-15)24(17-6-4-5-7-20(17)29-21)25(32)33-14-23(31)30-22-13-16(27)9-10-19(22)28/h4-7,9-10,13,15H,8,11-12,14H2,1-3H3,(H,30,31). The molecule has 0 aliphatic heterocycles. The number of carbonyl (C=O) groups excluding carboxylic acids is 2. The number of para-hydroxylation sites is 1. The molecule has 172 valence electrons. The number of aromatic nitrogens is 1. The lowest BCUT2D eigenvalue weighted by Crippen LogP contribution is -2.29. The number of carbonyl (C=O) groups is 2. The van der Waals surface area contributed by atoms with Crippen LogP contribution in [0.5, 0.6) is 0 Å². The molecule has 0 radical (unpaired) electrons. The van der Waals surface area contributed by atoms with Crippen molar-refractivity contribution >= 4 is 51.7 Å². The molecule has 1 aliphatic carbocycles. The van der Waals surface area contributed by atoms with E-state index in [1.807, 2.05) is 24.3 Å². The van der Waals surface area contributed by atoms with E-state index in [2.05, 4.69) is 26.1 Å². The fourth-order valence-electron chi connectivity index (χ4n) is 4.34. The van der Waals surface area contributed by atoms with Crippen LogP contribution in [-0.2, 0) is 22.4 Å². The minimum Gasteiger partial charge on any atom is -0.452 e. The van der Waals surface area contributed by atoms with Crippen LogP contribution in [-0.4, -0.2) is 23.5 Å². The van der Waals surface area contributed by atoms with Gasteiger partial charge in [-0.15, -0.1) is 0 Å². The summed E-state index contributed by atoms with van der Waals surface area (Å²) in [7, 11) is 0. The molecule has 1 heterocycles. The maximum absolute atomic E-state index is 13.3. The summed E-state index contributed by atoms with van der Waals surface area (Å²) in [6, 6.07) is 12.3. The van der Waals surface area contributed by atoms with E-state index < -0.39 is 18.5 Å². The largest absolute Gasteiger partial charge is 0.452 e. The third kappa shape index (κ3) is 5.15. The Hall–Kier alpha value is -2.63. The van der Waals surface area contributed by atoms with Crippen LogP contribution in [0.4, 0.5) is 5.69 Å². The van der Waals surface area contributed by atoms with Gasteiger partial charge >= 0.3 is 5.97 Å². The second-order valence-electron chi connectivity index (χ2n) is 9.48. The van der Waals surface area contributed by atoms with Crippen LogP contribution < -0.4 is 5.32 Å². The Kier molecular flexibility index (Phi) is 6.64. The van der Waals surface area contributed by atoms with Gasteiger partial charge in [-0.3, -0.25) is 9.78 Å². The van der Waals surface area contributed by atoms with Crippen molar-refractivity contribution in [3.8, 4) is 0 Å². The molecule has 0 bridgehead atoms. The van der Waals surface area contributed by atoms with Crippen molar-refractivity contribution < 1.29 is 14.3 Å². The Bertz CT molecular complexity index is 1230. The number of hydrogen-bond acceptors (Lipinski definition) is 4. The number of halogens is 2. The fourth-order valence-corrected chi connectivity index (χ4v) is 4.68. The topological polar surface area (TPSA) is 68.3 Å². The molecule has 33 heavy (non-hydrogen) atoms. The summed E-state index contributed by atoms with van der Waals surface area (Å²) in [5.41, 5.74) is 3.62. The molecule has 5 nitrogen and oxygen atoms in total. The Morgan fingerprint density at radius 1 is 1.15 bits per heavy atom. The lowest BCUT2D eigenvalue weighted by molar-refractivity contribution is -0.119. The number of anilines is 1. The summed E-state index contributed by atoms with van der Waals surface area (Å²) in [5.74, 6) is -0.591. The van der Waals surface area contributed by atoms with Gasteiger partial charge in [-0.05, 0) is 60.4 Å². The van der Waals surface area contributed by atoms with Crippen LogP contribution in [0, 0.1) is 11.3 Å². The summed E-state index contributed by atoms with van der Waals surface area (Å²) >= 11 is 12.1. The van der Waals surface area contributed by atoms with E-state index in [9.17, 15) is 9.59 Å². The summed E-state index contributed by atoms with van der Waals surface area (Å²) in [6.45, 7) is 6.23. The van der Waals surface area contributed by atoms with Gasteiger partial charge in [-0.1, -0.05) is 62.2 Å². The van der Waals surface area contributed by atoms with E-state index in [1.165, 1.54) is 0 Å². The second kappa shape index (κ2) is 9.32. The molecule has 1 aliphatic rings. The Morgan fingerprint density at radius 3 is 2.67 bits per heavy atom. The van der Waals surface area contributed by atoms with E-state index in [4.69, 9.17) is 32.9 Å². The van der Waals surface area contributed by atoms with Gasteiger partial charge in [0.05, 0.1) is 21.8 Å². The minimum atomic E-state index is -0.522. The lowest BCUT2D eigenvalue weighted by Gasteiger charge is -2.35. The number of nitrogens with one attached hydrogen (secondary N) is 1. The number of fused-ring (bicyclic) bond motifs is 2. The van der Waals surface area contributed by atoms with Crippen molar-refractivity contribution in [1.29, 1.82) is 0 Å². The number of hydrogen-bond donors (Lipinski definition) is 1. The van der Waals surface area contributed by atoms with Gasteiger partial charge in [0.1, 0.15) is 0 Å². The van der Waals surface area contributed by atoms with Crippen LogP contribution >= 0.6 is 23.2 Å². The van der Waals surface area contributed by atoms with Crippen molar-refractivity contribution in [3.63, 3.8) is 0 Å². The van der Waals surface area contributed by atoms with Crippen molar-refractivity contribution in [3.05, 3.63) is 69.3 Å².